The van der Waals surface area contributed by atoms with Gasteiger partial charge in [0.05, 0.1) is 0 Å². The van der Waals surface area contributed by atoms with Crippen LogP contribution in [0.1, 0.15) is 12.5 Å². The highest BCUT2D eigenvalue weighted by Gasteiger charge is 2.15. The molecule has 1 heterocycles. The molecule has 0 aliphatic heterocycles. The quantitative estimate of drug-likeness (QED) is 0.504. The summed E-state index contributed by atoms with van der Waals surface area (Å²) in [6.07, 6.45) is -0.953. The smallest absolute Gasteiger partial charge is 0.267 e. The van der Waals surface area contributed by atoms with Crippen molar-refractivity contribution in [2.75, 3.05) is 5.32 Å². The molecule has 0 aliphatic rings. The Morgan fingerprint density at radius 1 is 1.36 bits per heavy atom. The normalized spacial score (nSPS) is 12.8. The van der Waals surface area contributed by atoms with Crippen molar-refractivity contribution in [1.82, 2.24) is 0 Å². The minimum Gasteiger partial charge on any atom is -0.381 e. The SMILES string of the molecule is CC(O/N=C(\N)c1ccsc1)C(=O)Nc1ccc(F)c(F)c1. The number of thiophene rings is 1. The fourth-order valence-electron chi connectivity index (χ4n) is 1.46. The second-order valence-electron chi connectivity index (χ2n) is 4.35. The molecule has 1 aromatic carbocycles. The van der Waals surface area contributed by atoms with Gasteiger partial charge < -0.3 is 15.9 Å². The molecule has 1 aromatic heterocycles. The van der Waals surface area contributed by atoms with Crippen LogP contribution in [0.5, 0.6) is 0 Å². The first-order valence-electron chi connectivity index (χ1n) is 6.25. The van der Waals surface area contributed by atoms with Crippen molar-refractivity contribution in [1.29, 1.82) is 0 Å². The van der Waals surface area contributed by atoms with Gasteiger partial charge in [-0.1, -0.05) is 5.16 Å². The van der Waals surface area contributed by atoms with Crippen LogP contribution in [0.2, 0.25) is 0 Å². The molecule has 116 valence electrons. The number of carbonyl (C=O) groups is 1. The fourth-order valence-corrected chi connectivity index (χ4v) is 2.11. The maximum atomic E-state index is 13.0. The van der Waals surface area contributed by atoms with E-state index in [2.05, 4.69) is 10.5 Å². The molecule has 1 unspecified atom stereocenters. The van der Waals surface area contributed by atoms with Crippen molar-refractivity contribution in [3.05, 3.63) is 52.2 Å². The summed E-state index contributed by atoms with van der Waals surface area (Å²) in [6, 6.07) is 4.80. The van der Waals surface area contributed by atoms with E-state index in [1.54, 1.807) is 11.4 Å². The van der Waals surface area contributed by atoms with E-state index in [0.29, 0.717) is 5.56 Å². The first-order chi connectivity index (χ1) is 10.5. The Bertz CT molecular complexity index is 689. The Balaban J connectivity index is 1.94. The van der Waals surface area contributed by atoms with E-state index in [1.165, 1.54) is 24.3 Å². The summed E-state index contributed by atoms with van der Waals surface area (Å²) in [5, 5.41) is 9.67. The number of nitrogens with two attached hydrogens (primary N) is 1. The van der Waals surface area contributed by atoms with Crippen LogP contribution in [-0.4, -0.2) is 17.8 Å². The van der Waals surface area contributed by atoms with E-state index in [-0.39, 0.29) is 11.5 Å². The van der Waals surface area contributed by atoms with Gasteiger partial charge in [0.25, 0.3) is 5.91 Å². The molecule has 0 saturated heterocycles. The number of anilines is 1. The molecular weight excluding hydrogens is 312 g/mol. The van der Waals surface area contributed by atoms with Crippen LogP contribution in [0.15, 0.2) is 40.2 Å². The molecule has 0 fully saturated rings. The summed E-state index contributed by atoms with van der Waals surface area (Å²) in [5.41, 5.74) is 6.50. The van der Waals surface area contributed by atoms with Crippen LogP contribution >= 0.6 is 11.3 Å². The van der Waals surface area contributed by atoms with Crippen molar-refractivity contribution in [2.45, 2.75) is 13.0 Å². The summed E-state index contributed by atoms with van der Waals surface area (Å²) in [4.78, 5) is 16.9. The van der Waals surface area contributed by atoms with Crippen molar-refractivity contribution < 1.29 is 18.4 Å². The lowest BCUT2D eigenvalue weighted by atomic mass is 10.3. The van der Waals surface area contributed by atoms with Crippen LogP contribution in [0.25, 0.3) is 0 Å². The van der Waals surface area contributed by atoms with Gasteiger partial charge in [-0.2, -0.15) is 11.3 Å². The van der Waals surface area contributed by atoms with E-state index in [0.717, 1.165) is 12.1 Å². The molecule has 22 heavy (non-hydrogen) atoms. The largest absolute Gasteiger partial charge is 0.381 e. The summed E-state index contributed by atoms with van der Waals surface area (Å²) in [5.74, 6) is -2.46. The topological polar surface area (TPSA) is 76.7 Å². The highest BCUT2D eigenvalue weighted by atomic mass is 32.1. The number of halogens is 2. The Kier molecular flexibility index (Phi) is 5.05. The van der Waals surface area contributed by atoms with Crippen LogP contribution < -0.4 is 11.1 Å². The van der Waals surface area contributed by atoms with E-state index in [4.69, 9.17) is 10.6 Å². The minimum absolute atomic E-state index is 0.120. The molecule has 0 spiro atoms. The van der Waals surface area contributed by atoms with Crippen molar-refractivity contribution in [2.24, 2.45) is 10.9 Å². The number of oxime groups is 1. The predicted octanol–water partition coefficient (Wildman–Crippen LogP) is 2.69. The standard InChI is InChI=1S/C14H13F2N3O2S/c1-8(21-19-13(17)9-4-5-22-7-9)14(20)18-10-2-3-11(15)12(16)6-10/h2-8H,1H3,(H2,17,19)(H,18,20). The maximum absolute atomic E-state index is 13.0. The monoisotopic (exact) mass is 325 g/mol. The van der Waals surface area contributed by atoms with Gasteiger partial charge in [0.1, 0.15) is 0 Å². The Morgan fingerprint density at radius 2 is 2.14 bits per heavy atom. The Hall–Kier alpha value is -2.48. The molecule has 2 rings (SSSR count). The van der Waals surface area contributed by atoms with Gasteiger partial charge in [0.2, 0.25) is 6.10 Å². The zero-order chi connectivity index (χ0) is 16.1. The lowest BCUT2D eigenvalue weighted by Gasteiger charge is -2.11. The molecule has 2 aromatic rings. The lowest BCUT2D eigenvalue weighted by molar-refractivity contribution is -0.126. The number of hydrogen-bond donors (Lipinski definition) is 2. The summed E-state index contributed by atoms with van der Waals surface area (Å²) < 4.78 is 25.8. The molecule has 1 amide bonds. The third kappa shape index (κ3) is 4.01. The molecular formula is C14H13F2N3O2S. The predicted molar refractivity (Wildman–Crippen MR) is 80.6 cm³/mol. The molecule has 0 aliphatic carbocycles. The third-order valence-corrected chi connectivity index (χ3v) is 3.37. The Morgan fingerprint density at radius 3 is 2.77 bits per heavy atom. The number of hydrogen-bond acceptors (Lipinski definition) is 4. The van der Waals surface area contributed by atoms with Crippen LogP contribution in [0, 0.1) is 11.6 Å². The molecule has 1 atom stereocenters. The number of rotatable bonds is 5. The average Bonchev–Trinajstić information content (AvgIpc) is 3.02. The molecule has 0 saturated carbocycles. The molecule has 0 radical (unpaired) electrons. The number of benzene rings is 1. The van der Waals surface area contributed by atoms with Crippen molar-refractivity contribution >= 4 is 28.8 Å². The van der Waals surface area contributed by atoms with E-state index in [9.17, 15) is 13.6 Å². The lowest BCUT2D eigenvalue weighted by Crippen LogP contribution is -2.27. The van der Waals surface area contributed by atoms with Crippen molar-refractivity contribution in [3.8, 4) is 0 Å². The first-order valence-corrected chi connectivity index (χ1v) is 7.19. The summed E-state index contributed by atoms with van der Waals surface area (Å²) in [6.45, 7) is 1.46. The first kappa shape index (κ1) is 15.9. The zero-order valence-electron chi connectivity index (χ0n) is 11.5. The fraction of sp³-hybridized carbons (Fsp3) is 0.143. The summed E-state index contributed by atoms with van der Waals surface area (Å²) in [7, 11) is 0. The maximum Gasteiger partial charge on any atom is 0.267 e. The Labute approximate surface area is 129 Å². The van der Waals surface area contributed by atoms with Crippen LogP contribution in [0.3, 0.4) is 0 Å². The molecule has 5 nitrogen and oxygen atoms in total. The van der Waals surface area contributed by atoms with E-state index < -0.39 is 23.6 Å². The van der Waals surface area contributed by atoms with E-state index >= 15 is 0 Å². The average molecular weight is 325 g/mol. The summed E-state index contributed by atoms with van der Waals surface area (Å²) >= 11 is 1.45. The van der Waals surface area contributed by atoms with Gasteiger partial charge in [-0.05, 0) is 30.5 Å². The van der Waals surface area contributed by atoms with Crippen LogP contribution in [0.4, 0.5) is 14.5 Å². The van der Waals surface area contributed by atoms with Gasteiger partial charge in [-0.15, -0.1) is 0 Å². The van der Waals surface area contributed by atoms with Gasteiger partial charge in [0, 0.05) is 22.7 Å². The number of carbonyl (C=O) groups excluding carboxylic acids is 1. The highest BCUT2D eigenvalue weighted by molar-refractivity contribution is 7.08. The molecule has 0 bridgehead atoms. The second-order valence-corrected chi connectivity index (χ2v) is 5.13. The molecule has 8 heteroatoms. The number of nitrogens with zero attached hydrogens (tertiary/aromatic N) is 1. The van der Waals surface area contributed by atoms with Crippen LogP contribution in [-0.2, 0) is 9.63 Å². The minimum atomic E-state index is -1.05. The number of amides is 1. The van der Waals surface area contributed by atoms with Gasteiger partial charge in [-0.3, -0.25) is 4.79 Å². The van der Waals surface area contributed by atoms with Gasteiger partial charge >= 0.3 is 0 Å². The number of amidine groups is 1. The zero-order valence-corrected chi connectivity index (χ0v) is 12.4. The third-order valence-electron chi connectivity index (χ3n) is 2.68. The number of nitrogens with one attached hydrogen (secondary N) is 1. The van der Waals surface area contributed by atoms with Gasteiger partial charge in [0.15, 0.2) is 17.5 Å². The van der Waals surface area contributed by atoms with E-state index in [1.807, 2.05) is 5.38 Å². The second kappa shape index (κ2) is 6.99. The molecule has 3 N–H and O–H groups in total. The van der Waals surface area contributed by atoms with Crippen molar-refractivity contribution in [3.63, 3.8) is 0 Å². The highest BCUT2D eigenvalue weighted by Crippen LogP contribution is 2.13. The van der Waals surface area contributed by atoms with Gasteiger partial charge in [-0.25, -0.2) is 8.78 Å².